The van der Waals surface area contributed by atoms with Crippen LogP contribution < -0.4 is 0 Å². The Labute approximate surface area is 120 Å². The predicted molar refractivity (Wildman–Crippen MR) is 83.1 cm³/mol. The highest BCUT2D eigenvalue weighted by molar-refractivity contribution is 5.10. The van der Waals surface area contributed by atoms with E-state index in [1.165, 1.54) is 38.5 Å². The minimum Gasteiger partial charge on any atom is -0.0856 e. The van der Waals surface area contributed by atoms with E-state index in [4.69, 9.17) is 0 Å². The topological polar surface area (TPSA) is 0 Å². The summed E-state index contributed by atoms with van der Waals surface area (Å²) >= 11 is 0. The molecule has 0 saturated heterocycles. The van der Waals surface area contributed by atoms with E-state index in [9.17, 15) is 0 Å². The summed E-state index contributed by atoms with van der Waals surface area (Å²) in [6, 6.07) is 0. The molecular weight excluding hydrogens is 228 g/mol. The van der Waals surface area contributed by atoms with Crippen molar-refractivity contribution in [2.75, 3.05) is 0 Å². The van der Waals surface area contributed by atoms with Crippen molar-refractivity contribution >= 4 is 0 Å². The van der Waals surface area contributed by atoms with Gasteiger partial charge in [0.15, 0.2) is 0 Å². The largest absolute Gasteiger partial charge is 0.0856 e. The lowest BCUT2D eigenvalue weighted by Crippen LogP contribution is -2.36. The zero-order valence-electron chi connectivity index (χ0n) is 13.0. The van der Waals surface area contributed by atoms with Crippen molar-refractivity contribution in [3.63, 3.8) is 0 Å². The first-order chi connectivity index (χ1) is 9.31. The molecule has 0 nitrogen and oxygen atoms in total. The zero-order valence-corrected chi connectivity index (χ0v) is 13.0. The average molecular weight is 260 g/mol. The average Bonchev–Trinajstić information content (AvgIpc) is 2.98. The van der Waals surface area contributed by atoms with Gasteiger partial charge in [0.1, 0.15) is 0 Å². The van der Waals surface area contributed by atoms with Crippen molar-refractivity contribution in [2.24, 2.45) is 29.6 Å². The second kappa shape index (κ2) is 6.02. The van der Waals surface area contributed by atoms with E-state index in [0.717, 1.165) is 29.6 Å². The third-order valence-corrected chi connectivity index (χ3v) is 6.61. The minimum atomic E-state index is 1.07. The van der Waals surface area contributed by atoms with Gasteiger partial charge in [-0.1, -0.05) is 38.3 Å². The van der Waals surface area contributed by atoms with E-state index in [2.05, 4.69) is 19.9 Å². The molecule has 0 heterocycles. The molecule has 0 aromatic rings. The molecule has 0 aliphatic heterocycles. The highest BCUT2D eigenvalue weighted by Gasteiger charge is 2.44. The number of allylic oxidation sites excluding steroid dienone is 2. The summed E-state index contributed by atoms with van der Waals surface area (Å²) in [5, 5.41) is 0. The van der Waals surface area contributed by atoms with Gasteiger partial charge in [0.25, 0.3) is 0 Å². The van der Waals surface area contributed by atoms with Gasteiger partial charge in [-0.2, -0.15) is 0 Å². The van der Waals surface area contributed by atoms with E-state index in [-0.39, 0.29) is 0 Å². The van der Waals surface area contributed by atoms with Crippen molar-refractivity contribution in [1.82, 2.24) is 0 Å². The SMILES string of the molecule is CC/C=C1\CCC(C2CCC2C2CCC(CC)C2)C1. The lowest BCUT2D eigenvalue weighted by molar-refractivity contribution is 0.0549. The van der Waals surface area contributed by atoms with E-state index < -0.39 is 0 Å². The normalized spacial score (nSPS) is 44.7. The molecule has 108 valence electrons. The molecule has 5 unspecified atom stereocenters. The van der Waals surface area contributed by atoms with Gasteiger partial charge in [-0.3, -0.25) is 0 Å². The standard InChI is InChI=1S/C19H32/c1-3-5-15-7-9-17(13-15)19-11-10-18(19)16-8-6-14(4-2)12-16/h5,14,16-19H,3-4,6-13H2,1-2H3/b15-5+. The van der Waals surface area contributed by atoms with Crippen molar-refractivity contribution in [2.45, 2.75) is 78.1 Å². The number of hydrogen-bond acceptors (Lipinski definition) is 0. The molecule has 0 amide bonds. The van der Waals surface area contributed by atoms with Crippen molar-refractivity contribution in [3.05, 3.63) is 11.6 Å². The summed E-state index contributed by atoms with van der Waals surface area (Å²) in [5.41, 5.74) is 1.79. The second-order valence-electron chi connectivity index (χ2n) is 7.53. The van der Waals surface area contributed by atoms with Gasteiger partial charge in [-0.05, 0) is 81.0 Å². The van der Waals surface area contributed by atoms with Gasteiger partial charge >= 0.3 is 0 Å². The molecular formula is C19H32. The van der Waals surface area contributed by atoms with Crippen LogP contribution in [0, 0.1) is 29.6 Å². The van der Waals surface area contributed by atoms with Crippen LogP contribution in [-0.4, -0.2) is 0 Å². The van der Waals surface area contributed by atoms with Crippen LogP contribution in [0.25, 0.3) is 0 Å². The van der Waals surface area contributed by atoms with Crippen LogP contribution in [-0.2, 0) is 0 Å². The number of rotatable bonds is 4. The smallest absolute Gasteiger partial charge is 0.0289 e. The third-order valence-electron chi connectivity index (χ3n) is 6.61. The van der Waals surface area contributed by atoms with Crippen LogP contribution in [0.4, 0.5) is 0 Å². The second-order valence-corrected chi connectivity index (χ2v) is 7.53. The molecule has 19 heavy (non-hydrogen) atoms. The summed E-state index contributed by atoms with van der Waals surface area (Å²) in [6.07, 6.45) is 17.4. The van der Waals surface area contributed by atoms with E-state index in [1.807, 2.05) is 0 Å². The Kier molecular flexibility index (Phi) is 4.34. The summed E-state index contributed by atoms with van der Waals surface area (Å²) in [6.45, 7) is 4.68. The third kappa shape index (κ3) is 2.78. The highest BCUT2D eigenvalue weighted by atomic mass is 14.5. The Balaban J connectivity index is 1.54. The molecule has 3 aliphatic carbocycles. The van der Waals surface area contributed by atoms with Crippen LogP contribution in [0.2, 0.25) is 0 Å². The molecule has 0 radical (unpaired) electrons. The molecule has 0 N–H and O–H groups in total. The Morgan fingerprint density at radius 2 is 1.74 bits per heavy atom. The van der Waals surface area contributed by atoms with Gasteiger partial charge in [0.05, 0.1) is 0 Å². The highest BCUT2D eigenvalue weighted by Crippen LogP contribution is 2.54. The minimum absolute atomic E-state index is 1.07. The maximum Gasteiger partial charge on any atom is -0.0289 e. The van der Waals surface area contributed by atoms with E-state index in [0.29, 0.717) is 0 Å². The Bertz CT molecular complexity index is 327. The monoisotopic (exact) mass is 260 g/mol. The van der Waals surface area contributed by atoms with E-state index in [1.54, 1.807) is 31.3 Å². The molecule has 3 saturated carbocycles. The molecule has 5 atom stereocenters. The van der Waals surface area contributed by atoms with Gasteiger partial charge in [-0.25, -0.2) is 0 Å². The molecule has 3 aliphatic rings. The Hall–Kier alpha value is -0.260. The maximum absolute atomic E-state index is 2.51. The summed E-state index contributed by atoms with van der Waals surface area (Å²) in [4.78, 5) is 0. The summed E-state index contributed by atoms with van der Waals surface area (Å²) < 4.78 is 0. The fourth-order valence-electron chi connectivity index (χ4n) is 5.35. The van der Waals surface area contributed by atoms with Crippen molar-refractivity contribution < 1.29 is 0 Å². The first-order valence-corrected chi connectivity index (χ1v) is 8.99. The zero-order chi connectivity index (χ0) is 13.2. The summed E-state index contributed by atoms with van der Waals surface area (Å²) in [5.74, 6) is 5.50. The Morgan fingerprint density at radius 1 is 0.947 bits per heavy atom. The van der Waals surface area contributed by atoms with Crippen LogP contribution in [0.5, 0.6) is 0 Å². The Morgan fingerprint density at radius 3 is 2.37 bits per heavy atom. The van der Waals surface area contributed by atoms with Gasteiger partial charge in [0, 0.05) is 0 Å². The molecule has 3 fully saturated rings. The van der Waals surface area contributed by atoms with Crippen molar-refractivity contribution in [1.29, 1.82) is 0 Å². The molecule has 0 bridgehead atoms. The van der Waals surface area contributed by atoms with Gasteiger partial charge in [0.2, 0.25) is 0 Å². The summed E-state index contributed by atoms with van der Waals surface area (Å²) in [7, 11) is 0. The van der Waals surface area contributed by atoms with Crippen LogP contribution >= 0.6 is 0 Å². The lowest BCUT2D eigenvalue weighted by Gasteiger charge is -2.44. The number of hydrogen-bond donors (Lipinski definition) is 0. The first-order valence-electron chi connectivity index (χ1n) is 8.99. The molecule has 3 rings (SSSR count). The first kappa shape index (κ1) is 13.7. The molecule has 0 aromatic carbocycles. The van der Waals surface area contributed by atoms with Gasteiger partial charge < -0.3 is 0 Å². The van der Waals surface area contributed by atoms with Gasteiger partial charge in [-0.15, -0.1) is 0 Å². The lowest BCUT2D eigenvalue weighted by atomic mass is 9.61. The molecule has 0 aromatic heterocycles. The van der Waals surface area contributed by atoms with Crippen LogP contribution in [0.15, 0.2) is 11.6 Å². The van der Waals surface area contributed by atoms with Crippen LogP contribution in [0.1, 0.15) is 78.1 Å². The van der Waals surface area contributed by atoms with Crippen LogP contribution in [0.3, 0.4) is 0 Å². The molecule has 0 heteroatoms. The van der Waals surface area contributed by atoms with E-state index >= 15 is 0 Å². The fourth-order valence-corrected chi connectivity index (χ4v) is 5.35. The van der Waals surface area contributed by atoms with Crippen molar-refractivity contribution in [3.8, 4) is 0 Å². The quantitative estimate of drug-likeness (QED) is 0.546. The molecule has 0 spiro atoms. The maximum atomic E-state index is 2.51. The fraction of sp³-hybridized carbons (Fsp3) is 0.895. The predicted octanol–water partition coefficient (Wildman–Crippen LogP) is 5.98.